The summed E-state index contributed by atoms with van der Waals surface area (Å²) in [4.78, 5) is 11.6. The predicted molar refractivity (Wildman–Crippen MR) is 71.3 cm³/mol. The van der Waals surface area contributed by atoms with E-state index in [4.69, 9.17) is 15.2 Å². The number of rotatable bonds is 7. The van der Waals surface area contributed by atoms with E-state index >= 15 is 0 Å². The number of nitrogens with two attached hydrogens (primary N) is 1. The van der Waals surface area contributed by atoms with E-state index in [9.17, 15) is 9.18 Å². The van der Waals surface area contributed by atoms with Crippen LogP contribution in [0.1, 0.15) is 13.3 Å². The highest BCUT2D eigenvalue weighted by molar-refractivity contribution is 5.91. The topological polar surface area (TPSA) is 73.6 Å². The molecule has 0 aliphatic rings. The smallest absolute Gasteiger partial charge is 0.226 e. The van der Waals surface area contributed by atoms with Crippen molar-refractivity contribution in [2.45, 2.75) is 19.4 Å². The first-order valence-electron chi connectivity index (χ1n) is 5.98. The molecule has 0 saturated heterocycles. The van der Waals surface area contributed by atoms with E-state index < -0.39 is 5.82 Å². The molecule has 0 bridgehead atoms. The number of amides is 1. The van der Waals surface area contributed by atoms with Crippen LogP contribution in [0.4, 0.5) is 15.8 Å². The molecule has 1 amide bonds. The fourth-order valence-electron chi connectivity index (χ4n) is 1.48. The van der Waals surface area contributed by atoms with Crippen molar-refractivity contribution in [3.8, 4) is 0 Å². The van der Waals surface area contributed by atoms with Crippen molar-refractivity contribution in [1.82, 2.24) is 0 Å². The Balaban J connectivity index is 2.33. The lowest BCUT2D eigenvalue weighted by atomic mass is 10.2. The second kappa shape index (κ2) is 7.70. The minimum Gasteiger partial charge on any atom is -0.396 e. The van der Waals surface area contributed by atoms with Crippen molar-refractivity contribution in [3.05, 3.63) is 24.0 Å². The first-order chi connectivity index (χ1) is 9.02. The monoisotopic (exact) mass is 270 g/mol. The van der Waals surface area contributed by atoms with E-state index in [2.05, 4.69) is 5.32 Å². The van der Waals surface area contributed by atoms with Gasteiger partial charge in [-0.1, -0.05) is 0 Å². The molecule has 0 aromatic heterocycles. The second-order valence-corrected chi connectivity index (χ2v) is 4.17. The quantitative estimate of drug-likeness (QED) is 0.741. The zero-order chi connectivity index (χ0) is 14.3. The molecule has 3 N–H and O–H groups in total. The normalized spacial score (nSPS) is 12.2. The summed E-state index contributed by atoms with van der Waals surface area (Å²) in [6.07, 6.45) is 0.157. The van der Waals surface area contributed by atoms with Crippen LogP contribution in [0.5, 0.6) is 0 Å². The SMILES string of the molecule is COCC(C)OCCC(=O)Nc1ccc(F)c(N)c1. The van der Waals surface area contributed by atoms with Crippen LogP contribution in [-0.4, -0.2) is 32.3 Å². The minimum absolute atomic E-state index is 0.00256. The third-order valence-electron chi connectivity index (χ3n) is 2.41. The van der Waals surface area contributed by atoms with Crippen LogP contribution in [0.25, 0.3) is 0 Å². The number of ether oxygens (including phenoxy) is 2. The maximum absolute atomic E-state index is 12.9. The lowest BCUT2D eigenvalue weighted by Gasteiger charge is -2.11. The van der Waals surface area contributed by atoms with Gasteiger partial charge in [0.2, 0.25) is 5.91 Å². The molecule has 1 aromatic rings. The summed E-state index contributed by atoms with van der Waals surface area (Å²) < 4.78 is 23.2. The zero-order valence-corrected chi connectivity index (χ0v) is 11.1. The van der Waals surface area contributed by atoms with Crippen LogP contribution in [-0.2, 0) is 14.3 Å². The Hall–Kier alpha value is -1.66. The maximum atomic E-state index is 12.9. The molecule has 0 aliphatic carbocycles. The van der Waals surface area contributed by atoms with Crippen LogP contribution >= 0.6 is 0 Å². The third-order valence-corrected chi connectivity index (χ3v) is 2.41. The largest absolute Gasteiger partial charge is 0.396 e. The van der Waals surface area contributed by atoms with Gasteiger partial charge in [-0.2, -0.15) is 0 Å². The molecule has 0 heterocycles. The van der Waals surface area contributed by atoms with Gasteiger partial charge in [0, 0.05) is 12.8 Å². The highest BCUT2D eigenvalue weighted by Gasteiger charge is 2.06. The molecule has 106 valence electrons. The molecular formula is C13H19FN2O3. The molecule has 1 unspecified atom stereocenters. The summed E-state index contributed by atoms with van der Waals surface area (Å²) in [5.41, 5.74) is 5.87. The van der Waals surface area contributed by atoms with E-state index in [1.54, 1.807) is 7.11 Å². The van der Waals surface area contributed by atoms with Crippen molar-refractivity contribution < 1.29 is 18.7 Å². The summed E-state index contributed by atoms with van der Waals surface area (Å²) in [5.74, 6) is -0.717. The summed E-state index contributed by atoms with van der Waals surface area (Å²) >= 11 is 0. The molecule has 1 aromatic carbocycles. The molecule has 19 heavy (non-hydrogen) atoms. The van der Waals surface area contributed by atoms with Gasteiger partial charge < -0.3 is 20.5 Å². The standard InChI is InChI=1S/C13H19FN2O3/c1-9(8-18-2)19-6-5-13(17)16-10-3-4-11(14)12(15)7-10/h3-4,7,9H,5-6,8,15H2,1-2H3,(H,16,17). The van der Waals surface area contributed by atoms with Gasteiger partial charge >= 0.3 is 0 Å². The van der Waals surface area contributed by atoms with Gasteiger partial charge in [-0.3, -0.25) is 4.79 Å². The van der Waals surface area contributed by atoms with E-state index in [1.165, 1.54) is 18.2 Å². The van der Waals surface area contributed by atoms with Crippen molar-refractivity contribution in [3.63, 3.8) is 0 Å². The van der Waals surface area contributed by atoms with Crippen LogP contribution in [0.2, 0.25) is 0 Å². The van der Waals surface area contributed by atoms with Gasteiger partial charge in [-0.15, -0.1) is 0 Å². The minimum atomic E-state index is -0.505. The van der Waals surface area contributed by atoms with Crippen LogP contribution in [0, 0.1) is 5.82 Å². The number of hydrogen-bond donors (Lipinski definition) is 2. The number of nitrogen functional groups attached to an aromatic ring is 1. The number of benzene rings is 1. The van der Waals surface area contributed by atoms with E-state index in [0.29, 0.717) is 18.9 Å². The van der Waals surface area contributed by atoms with Gasteiger partial charge in [-0.25, -0.2) is 4.39 Å². The predicted octanol–water partition coefficient (Wildman–Crippen LogP) is 1.79. The fraction of sp³-hybridized carbons (Fsp3) is 0.462. The highest BCUT2D eigenvalue weighted by atomic mass is 19.1. The van der Waals surface area contributed by atoms with Gasteiger partial charge in [0.05, 0.1) is 31.4 Å². The average Bonchev–Trinajstić information content (AvgIpc) is 2.34. The second-order valence-electron chi connectivity index (χ2n) is 4.17. The molecule has 1 atom stereocenters. The summed E-state index contributed by atoms with van der Waals surface area (Å²) in [6.45, 7) is 2.64. The average molecular weight is 270 g/mol. The molecule has 1 rings (SSSR count). The van der Waals surface area contributed by atoms with Crippen LogP contribution in [0.15, 0.2) is 18.2 Å². The Kier molecular flexibility index (Phi) is 6.24. The maximum Gasteiger partial charge on any atom is 0.226 e. The zero-order valence-electron chi connectivity index (χ0n) is 11.1. The van der Waals surface area contributed by atoms with Gasteiger partial charge in [-0.05, 0) is 25.1 Å². The Morgan fingerprint density at radius 3 is 2.89 bits per heavy atom. The van der Waals surface area contributed by atoms with Crippen molar-refractivity contribution in [2.24, 2.45) is 0 Å². The first-order valence-corrected chi connectivity index (χ1v) is 5.98. The number of anilines is 2. The number of carbonyl (C=O) groups excluding carboxylic acids is 1. The third kappa shape index (κ3) is 5.67. The van der Waals surface area contributed by atoms with Crippen LogP contribution in [0.3, 0.4) is 0 Å². The fourth-order valence-corrected chi connectivity index (χ4v) is 1.48. The lowest BCUT2D eigenvalue weighted by molar-refractivity contribution is -0.117. The number of halogens is 1. The van der Waals surface area contributed by atoms with Gasteiger partial charge in [0.15, 0.2) is 0 Å². The Morgan fingerprint density at radius 2 is 2.26 bits per heavy atom. The Bertz CT molecular complexity index is 426. The highest BCUT2D eigenvalue weighted by Crippen LogP contribution is 2.16. The number of hydrogen-bond acceptors (Lipinski definition) is 4. The summed E-state index contributed by atoms with van der Waals surface area (Å²) in [7, 11) is 1.59. The number of carbonyl (C=O) groups is 1. The van der Waals surface area contributed by atoms with Gasteiger partial charge in [0.1, 0.15) is 5.82 Å². The molecule has 0 aliphatic heterocycles. The summed E-state index contributed by atoms with van der Waals surface area (Å²) in [6, 6.07) is 4.04. The lowest BCUT2D eigenvalue weighted by Crippen LogP contribution is -2.19. The molecule has 0 spiro atoms. The molecule has 0 radical (unpaired) electrons. The molecule has 0 fully saturated rings. The molecule has 6 heteroatoms. The Labute approximate surface area is 111 Å². The van der Waals surface area contributed by atoms with E-state index in [1.807, 2.05) is 6.92 Å². The van der Waals surface area contributed by atoms with Crippen LogP contribution < -0.4 is 11.1 Å². The first kappa shape index (κ1) is 15.4. The van der Waals surface area contributed by atoms with E-state index in [0.717, 1.165) is 0 Å². The molecular weight excluding hydrogens is 251 g/mol. The molecule has 5 nitrogen and oxygen atoms in total. The number of nitrogens with one attached hydrogen (secondary N) is 1. The van der Waals surface area contributed by atoms with E-state index in [-0.39, 0.29) is 24.1 Å². The molecule has 0 saturated carbocycles. The van der Waals surface area contributed by atoms with Crippen molar-refractivity contribution >= 4 is 17.3 Å². The number of methoxy groups -OCH3 is 1. The van der Waals surface area contributed by atoms with Crippen molar-refractivity contribution in [2.75, 3.05) is 31.4 Å². The summed E-state index contributed by atoms with van der Waals surface area (Å²) in [5, 5.41) is 2.62. The Morgan fingerprint density at radius 1 is 1.53 bits per heavy atom. The van der Waals surface area contributed by atoms with Gasteiger partial charge in [0.25, 0.3) is 0 Å². The van der Waals surface area contributed by atoms with Crippen molar-refractivity contribution in [1.29, 1.82) is 0 Å².